The highest BCUT2D eigenvalue weighted by Crippen LogP contribution is 2.13. The molecule has 0 spiro atoms. The largest absolute Gasteiger partial charge is 0.307 e. The molecule has 0 aliphatic rings. The number of nitrogens with zero attached hydrogens (tertiary/aromatic N) is 2. The Bertz CT molecular complexity index is 519. The lowest BCUT2D eigenvalue weighted by Gasteiger charge is -2.04. The van der Waals surface area contributed by atoms with E-state index in [1.54, 1.807) is 0 Å². The zero-order valence-electron chi connectivity index (χ0n) is 8.58. The monoisotopic (exact) mass is 343 g/mol. The lowest BCUT2D eigenvalue weighted by atomic mass is 10.4. The predicted octanol–water partition coefficient (Wildman–Crippen LogP) is 3.10. The molecule has 0 aliphatic carbocycles. The fourth-order valence-corrected chi connectivity index (χ4v) is 2.00. The summed E-state index contributed by atoms with van der Waals surface area (Å²) in [5.74, 6) is 0. The summed E-state index contributed by atoms with van der Waals surface area (Å²) in [5, 5.41) is 3.28. The van der Waals surface area contributed by atoms with Gasteiger partial charge in [0.15, 0.2) is 0 Å². The van der Waals surface area contributed by atoms with E-state index >= 15 is 0 Å². The first-order valence-corrected chi connectivity index (χ1v) is 6.41. The van der Waals surface area contributed by atoms with E-state index in [2.05, 4.69) is 53.1 Å². The van der Waals surface area contributed by atoms with Gasteiger partial charge in [0.1, 0.15) is 5.65 Å². The van der Waals surface area contributed by atoms with E-state index < -0.39 is 0 Å². The third-order valence-electron chi connectivity index (χ3n) is 2.17. The highest BCUT2D eigenvalue weighted by atomic mass is 79.9. The molecule has 0 saturated carbocycles. The van der Waals surface area contributed by atoms with E-state index in [-0.39, 0.29) is 0 Å². The zero-order valence-corrected chi connectivity index (χ0v) is 11.8. The van der Waals surface area contributed by atoms with Gasteiger partial charge in [-0.3, -0.25) is 0 Å². The van der Waals surface area contributed by atoms with Crippen LogP contribution in [-0.2, 0) is 6.54 Å². The van der Waals surface area contributed by atoms with E-state index in [1.807, 2.05) is 24.5 Å². The molecule has 0 saturated heterocycles. The highest BCUT2D eigenvalue weighted by Gasteiger charge is 2.02. The Kier molecular flexibility index (Phi) is 3.78. The van der Waals surface area contributed by atoms with E-state index in [9.17, 15) is 0 Å². The van der Waals surface area contributed by atoms with Gasteiger partial charge in [0.25, 0.3) is 0 Å². The van der Waals surface area contributed by atoms with Crippen LogP contribution in [0.5, 0.6) is 0 Å². The minimum Gasteiger partial charge on any atom is -0.307 e. The van der Waals surface area contributed by atoms with Crippen LogP contribution in [0.3, 0.4) is 0 Å². The van der Waals surface area contributed by atoms with Crippen molar-refractivity contribution in [3.63, 3.8) is 0 Å². The fraction of sp³-hybridized carbons (Fsp3) is 0.182. The first-order chi connectivity index (χ1) is 7.66. The number of fused-ring (bicyclic) bond motifs is 1. The van der Waals surface area contributed by atoms with Crippen LogP contribution >= 0.6 is 31.9 Å². The molecule has 0 bridgehead atoms. The van der Waals surface area contributed by atoms with E-state index in [4.69, 9.17) is 0 Å². The molecule has 2 rings (SSSR count). The van der Waals surface area contributed by atoms with Crippen molar-refractivity contribution in [2.24, 2.45) is 0 Å². The molecule has 0 fully saturated rings. The third kappa shape index (κ3) is 2.72. The van der Waals surface area contributed by atoms with Crippen molar-refractivity contribution in [3.05, 3.63) is 45.8 Å². The summed E-state index contributed by atoms with van der Waals surface area (Å²) < 4.78 is 4.06. The van der Waals surface area contributed by atoms with Crippen LogP contribution in [0.4, 0.5) is 0 Å². The van der Waals surface area contributed by atoms with Gasteiger partial charge in [0, 0.05) is 28.2 Å². The average molecular weight is 345 g/mol. The number of hydrogen-bond donors (Lipinski definition) is 1. The van der Waals surface area contributed by atoms with Crippen molar-refractivity contribution in [3.8, 4) is 0 Å². The second-order valence-corrected chi connectivity index (χ2v) is 5.48. The molecule has 0 atom stereocenters. The number of aromatic nitrogens is 2. The molecule has 0 amide bonds. The van der Waals surface area contributed by atoms with Gasteiger partial charge in [-0.15, -0.1) is 0 Å². The molecule has 0 radical (unpaired) electrons. The fourth-order valence-electron chi connectivity index (χ4n) is 1.46. The van der Waals surface area contributed by atoms with Crippen molar-refractivity contribution in [1.29, 1.82) is 0 Å². The molecule has 3 nitrogen and oxygen atoms in total. The lowest BCUT2D eigenvalue weighted by Crippen LogP contribution is -2.15. The minimum atomic E-state index is 0.751. The molecule has 2 aromatic rings. The predicted molar refractivity (Wildman–Crippen MR) is 72.7 cm³/mol. The van der Waals surface area contributed by atoms with E-state index in [0.29, 0.717) is 0 Å². The average Bonchev–Trinajstić information content (AvgIpc) is 2.60. The van der Waals surface area contributed by atoms with Crippen LogP contribution in [-0.4, -0.2) is 15.9 Å². The van der Waals surface area contributed by atoms with Gasteiger partial charge < -0.3 is 9.72 Å². The Morgan fingerprint density at radius 3 is 3.06 bits per heavy atom. The molecular weight excluding hydrogens is 334 g/mol. The molecule has 2 aromatic heterocycles. The number of imidazole rings is 1. The molecule has 0 aromatic carbocycles. The van der Waals surface area contributed by atoms with Gasteiger partial charge in [-0.25, -0.2) is 4.98 Å². The van der Waals surface area contributed by atoms with E-state index in [1.165, 1.54) is 0 Å². The van der Waals surface area contributed by atoms with Crippen LogP contribution in [0, 0.1) is 0 Å². The first kappa shape index (κ1) is 11.8. The Morgan fingerprint density at radius 2 is 2.31 bits per heavy atom. The van der Waals surface area contributed by atoms with Gasteiger partial charge in [0.2, 0.25) is 0 Å². The smallest absolute Gasteiger partial charge is 0.136 e. The Balaban J connectivity index is 2.17. The van der Waals surface area contributed by atoms with E-state index in [0.717, 1.165) is 33.4 Å². The quantitative estimate of drug-likeness (QED) is 0.923. The van der Waals surface area contributed by atoms with Crippen molar-refractivity contribution in [1.82, 2.24) is 14.7 Å². The highest BCUT2D eigenvalue weighted by molar-refractivity contribution is 9.11. The summed E-state index contributed by atoms with van der Waals surface area (Å²) in [4.78, 5) is 4.33. The number of rotatable bonds is 4. The number of nitrogens with one attached hydrogen (secondary N) is 1. The van der Waals surface area contributed by atoms with Crippen LogP contribution in [0.2, 0.25) is 0 Å². The van der Waals surface area contributed by atoms with Crippen molar-refractivity contribution in [2.75, 3.05) is 6.54 Å². The summed E-state index contributed by atoms with van der Waals surface area (Å²) in [7, 11) is 0. The molecule has 16 heavy (non-hydrogen) atoms. The lowest BCUT2D eigenvalue weighted by molar-refractivity contribution is 0.731. The van der Waals surface area contributed by atoms with Gasteiger partial charge in [0.05, 0.1) is 11.9 Å². The first-order valence-electron chi connectivity index (χ1n) is 4.82. The topological polar surface area (TPSA) is 29.3 Å². The second kappa shape index (κ2) is 5.12. The number of hydrogen-bond acceptors (Lipinski definition) is 2. The van der Waals surface area contributed by atoms with Crippen molar-refractivity contribution < 1.29 is 0 Å². The standard InChI is InChI=1S/C11H11Br2N3/c1-8(12)4-14-5-10-6-15-11-3-2-9(13)7-16(10)11/h2-3,6-7,14H,1,4-5H2. The molecule has 84 valence electrons. The molecule has 2 heterocycles. The summed E-state index contributed by atoms with van der Waals surface area (Å²) >= 11 is 6.77. The Hall–Kier alpha value is -0.650. The molecule has 0 aliphatic heterocycles. The number of pyridine rings is 1. The third-order valence-corrected chi connectivity index (χ3v) is 2.92. The Morgan fingerprint density at radius 1 is 1.50 bits per heavy atom. The molecule has 1 N–H and O–H groups in total. The maximum atomic E-state index is 4.33. The van der Waals surface area contributed by atoms with Crippen molar-refractivity contribution in [2.45, 2.75) is 6.54 Å². The van der Waals surface area contributed by atoms with Gasteiger partial charge in [-0.05, 0) is 28.1 Å². The summed E-state index contributed by atoms with van der Waals surface area (Å²) in [6, 6.07) is 3.97. The van der Waals surface area contributed by atoms with Crippen LogP contribution in [0.15, 0.2) is 40.1 Å². The summed E-state index contributed by atoms with van der Waals surface area (Å²) in [5.41, 5.74) is 2.09. The van der Waals surface area contributed by atoms with Gasteiger partial charge >= 0.3 is 0 Å². The summed E-state index contributed by atoms with van der Waals surface area (Å²) in [6.45, 7) is 5.29. The van der Waals surface area contributed by atoms with Crippen LogP contribution in [0.25, 0.3) is 5.65 Å². The normalized spacial score (nSPS) is 10.9. The molecule has 0 unspecified atom stereocenters. The van der Waals surface area contributed by atoms with Crippen molar-refractivity contribution >= 4 is 37.5 Å². The SMILES string of the molecule is C=C(Br)CNCc1cnc2ccc(Br)cn12. The minimum absolute atomic E-state index is 0.751. The molecular formula is C11H11Br2N3. The van der Waals surface area contributed by atoms with Gasteiger partial charge in [-0.1, -0.05) is 22.5 Å². The Labute approximate surface area is 111 Å². The van der Waals surface area contributed by atoms with Crippen LogP contribution < -0.4 is 5.32 Å². The summed E-state index contributed by atoms with van der Waals surface area (Å²) in [6.07, 6.45) is 3.90. The second-order valence-electron chi connectivity index (χ2n) is 3.45. The zero-order chi connectivity index (χ0) is 11.5. The van der Waals surface area contributed by atoms with Crippen LogP contribution in [0.1, 0.15) is 5.69 Å². The van der Waals surface area contributed by atoms with Gasteiger partial charge in [-0.2, -0.15) is 0 Å². The molecule has 5 heteroatoms. The number of halogens is 2. The maximum Gasteiger partial charge on any atom is 0.136 e. The maximum absolute atomic E-state index is 4.33.